The molecule has 0 radical (unpaired) electrons. The first-order chi connectivity index (χ1) is 15.5. The highest BCUT2D eigenvalue weighted by molar-refractivity contribution is 6.31. The Morgan fingerprint density at radius 3 is 2.62 bits per heavy atom. The molecule has 1 nitrogen and oxygen atoms in total. The monoisotopic (exact) mass is 437 g/mol. The van der Waals surface area contributed by atoms with Crippen molar-refractivity contribution in [2.75, 3.05) is 0 Å². The average molecular weight is 438 g/mol. The Kier molecular flexibility index (Phi) is 6.87. The minimum absolute atomic E-state index is 0.475. The van der Waals surface area contributed by atoms with Crippen molar-refractivity contribution in [1.29, 1.82) is 0 Å². The summed E-state index contributed by atoms with van der Waals surface area (Å²) in [4.78, 5) is 4.72. The van der Waals surface area contributed by atoms with E-state index in [1.54, 1.807) is 0 Å². The van der Waals surface area contributed by atoms with Crippen molar-refractivity contribution in [2.45, 2.75) is 32.6 Å². The highest BCUT2D eigenvalue weighted by Crippen LogP contribution is 2.26. The molecule has 1 heterocycles. The molecule has 1 aromatic heterocycles. The molecule has 0 saturated heterocycles. The molecular formula is C30H28ClN. The van der Waals surface area contributed by atoms with Gasteiger partial charge in [-0.05, 0) is 72.2 Å². The number of benzene rings is 3. The predicted molar refractivity (Wildman–Crippen MR) is 140 cm³/mol. The molecule has 0 unspecified atom stereocenters. The molecule has 32 heavy (non-hydrogen) atoms. The third-order valence-electron chi connectivity index (χ3n) is 5.93. The SMILES string of the molecule is C=C(C)c1ccccc1CC[C@H](C)c1cccc(C=Cc2ccc3ccc(Cl)cc3n2)c1. The van der Waals surface area contributed by atoms with E-state index < -0.39 is 0 Å². The number of rotatable bonds is 7. The van der Waals surface area contributed by atoms with Crippen LogP contribution in [0.3, 0.4) is 0 Å². The van der Waals surface area contributed by atoms with Gasteiger partial charge in [-0.15, -0.1) is 0 Å². The Morgan fingerprint density at radius 1 is 0.969 bits per heavy atom. The first-order valence-electron chi connectivity index (χ1n) is 11.1. The van der Waals surface area contributed by atoms with Gasteiger partial charge in [-0.25, -0.2) is 4.98 Å². The molecule has 4 aromatic rings. The summed E-state index contributed by atoms with van der Waals surface area (Å²) in [5.41, 5.74) is 8.17. The van der Waals surface area contributed by atoms with E-state index in [-0.39, 0.29) is 0 Å². The van der Waals surface area contributed by atoms with E-state index in [1.165, 1.54) is 22.3 Å². The maximum Gasteiger partial charge on any atom is 0.0724 e. The lowest BCUT2D eigenvalue weighted by Crippen LogP contribution is -1.99. The number of allylic oxidation sites excluding steroid dienone is 1. The van der Waals surface area contributed by atoms with Crippen LogP contribution in [0.15, 0.2) is 85.4 Å². The van der Waals surface area contributed by atoms with Gasteiger partial charge < -0.3 is 0 Å². The zero-order valence-corrected chi connectivity index (χ0v) is 19.4. The van der Waals surface area contributed by atoms with Gasteiger partial charge >= 0.3 is 0 Å². The molecule has 0 amide bonds. The van der Waals surface area contributed by atoms with Crippen LogP contribution in [0.5, 0.6) is 0 Å². The number of halogens is 1. The first kappa shape index (κ1) is 22.0. The van der Waals surface area contributed by atoms with E-state index in [1.807, 2.05) is 24.3 Å². The van der Waals surface area contributed by atoms with Gasteiger partial charge in [0.2, 0.25) is 0 Å². The van der Waals surface area contributed by atoms with Crippen molar-refractivity contribution in [3.8, 4) is 0 Å². The van der Waals surface area contributed by atoms with E-state index in [0.717, 1.165) is 35.0 Å². The second-order valence-corrected chi connectivity index (χ2v) is 8.89. The van der Waals surface area contributed by atoms with Gasteiger partial charge in [0.25, 0.3) is 0 Å². The fourth-order valence-corrected chi connectivity index (χ4v) is 4.21. The molecule has 0 N–H and O–H groups in total. The van der Waals surface area contributed by atoms with Crippen LogP contribution in [0.2, 0.25) is 5.02 Å². The zero-order valence-electron chi connectivity index (χ0n) is 18.7. The van der Waals surface area contributed by atoms with Gasteiger partial charge in [-0.1, -0.05) is 97.4 Å². The van der Waals surface area contributed by atoms with Crippen LogP contribution >= 0.6 is 11.6 Å². The van der Waals surface area contributed by atoms with Crippen molar-refractivity contribution in [2.24, 2.45) is 0 Å². The third-order valence-corrected chi connectivity index (χ3v) is 6.16. The summed E-state index contributed by atoms with van der Waals surface area (Å²) < 4.78 is 0. The fraction of sp³-hybridized carbons (Fsp3) is 0.167. The summed E-state index contributed by atoms with van der Waals surface area (Å²) in [6.07, 6.45) is 6.34. The molecule has 0 saturated carbocycles. The highest BCUT2D eigenvalue weighted by atomic mass is 35.5. The number of fused-ring (bicyclic) bond motifs is 1. The summed E-state index contributed by atoms with van der Waals surface area (Å²) in [6, 6.07) is 27.3. The molecule has 2 heteroatoms. The maximum atomic E-state index is 6.12. The summed E-state index contributed by atoms with van der Waals surface area (Å²) in [6.45, 7) is 8.52. The maximum absolute atomic E-state index is 6.12. The van der Waals surface area contributed by atoms with Crippen LogP contribution in [0, 0.1) is 0 Å². The number of pyridine rings is 1. The number of aryl methyl sites for hydroxylation is 1. The van der Waals surface area contributed by atoms with E-state index >= 15 is 0 Å². The lowest BCUT2D eigenvalue weighted by atomic mass is 9.90. The predicted octanol–water partition coefficient (Wildman–Crippen LogP) is 8.83. The van der Waals surface area contributed by atoms with E-state index in [0.29, 0.717) is 10.9 Å². The van der Waals surface area contributed by atoms with Crippen molar-refractivity contribution in [3.05, 3.63) is 118 Å². The standard InChI is InChI=1S/C30H28ClN/c1-21(2)29-10-5-4-8-24(29)13-11-22(3)26-9-6-7-23(19-26)12-17-28-18-15-25-14-16-27(31)20-30(25)32-28/h4-10,12,14-20,22H,1,11,13H2,2-3H3/t22-/m0/s1. The van der Waals surface area contributed by atoms with Crippen molar-refractivity contribution >= 4 is 40.2 Å². The highest BCUT2D eigenvalue weighted by Gasteiger charge is 2.09. The average Bonchev–Trinajstić information content (AvgIpc) is 2.81. The number of aromatic nitrogens is 1. The molecule has 0 bridgehead atoms. The molecular weight excluding hydrogens is 410 g/mol. The van der Waals surface area contributed by atoms with E-state index in [4.69, 9.17) is 16.6 Å². The van der Waals surface area contributed by atoms with Crippen LogP contribution in [0.1, 0.15) is 54.1 Å². The Balaban J connectivity index is 1.47. The van der Waals surface area contributed by atoms with Crippen LogP contribution in [-0.2, 0) is 6.42 Å². The van der Waals surface area contributed by atoms with E-state index in [2.05, 4.69) is 87.2 Å². The molecule has 1 atom stereocenters. The summed E-state index contributed by atoms with van der Waals surface area (Å²) >= 11 is 6.12. The van der Waals surface area contributed by atoms with Crippen molar-refractivity contribution < 1.29 is 0 Å². The molecule has 0 aliphatic carbocycles. The fourth-order valence-electron chi connectivity index (χ4n) is 4.04. The van der Waals surface area contributed by atoms with Crippen LogP contribution in [0.25, 0.3) is 28.6 Å². The minimum atomic E-state index is 0.475. The second-order valence-electron chi connectivity index (χ2n) is 8.45. The molecule has 0 aliphatic heterocycles. The minimum Gasteiger partial charge on any atom is -0.248 e. The van der Waals surface area contributed by atoms with Crippen molar-refractivity contribution in [3.63, 3.8) is 0 Å². The van der Waals surface area contributed by atoms with Crippen molar-refractivity contribution in [1.82, 2.24) is 4.98 Å². The second kappa shape index (κ2) is 9.97. The molecule has 0 spiro atoms. The number of hydrogen-bond acceptors (Lipinski definition) is 1. The Labute approximate surface area is 196 Å². The molecule has 4 rings (SSSR count). The summed E-state index contributed by atoms with van der Waals surface area (Å²) in [5, 5.41) is 1.80. The number of hydrogen-bond donors (Lipinski definition) is 0. The van der Waals surface area contributed by atoms with Gasteiger partial charge in [0.15, 0.2) is 0 Å². The van der Waals surface area contributed by atoms with Gasteiger partial charge in [0.05, 0.1) is 11.2 Å². The molecule has 3 aromatic carbocycles. The summed E-state index contributed by atoms with van der Waals surface area (Å²) in [5.74, 6) is 0.475. The van der Waals surface area contributed by atoms with Gasteiger partial charge in [0, 0.05) is 10.4 Å². The van der Waals surface area contributed by atoms with Gasteiger partial charge in [-0.2, -0.15) is 0 Å². The lowest BCUT2D eigenvalue weighted by molar-refractivity contribution is 0.679. The van der Waals surface area contributed by atoms with Gasteiger partial charge in [-0.3, -0.25) is 0 Å². The molecule has 0 fully saturated rings. The van der Waals surface area contributed by atoms with Crippen LogP contribution in [-0.4, -0.2) is 4.98 Å². The lowest BCUT2D eigenvalue weighted by Gasteiger charge is -2.15. The Hall–Kier alpha value is -3.16. The normalized spacial score (nSPS) is 12.3. The van der Waals surface area contributed by atoms with Crippen LogP contribution < -0.4 is 0 Å². The Morgan fingerprint density at radius 2 is 1.78 bits per heavy atom. The summed E-state index contributed by atoms with van der Waals surface area (Å²) in [7, 11) is 0. The topological polar surface area (TPSA) is 12.9 Å². The third kappa shape index (κ3) is 5.36. The van der Waals surface area contributed by atoms with E-state index in [9.17, 15) is 0 Å². The quantitative estimate of drug-likeness (QED) is 0.281. The molecule has 0 aliphatic rings. The zero-order chi connectivity index (χ0) is 22.5. The first-order valence-corrected chi connectivity index (χ1v) is 11.5. The largest absolute Gasteiger partial charge is 0.248 e. The number of nitrogens with zero attached hydrogens (tertiary/aromatic N) is 1. The van der Waals surface area contributed by atoms with Crippen LogP contribution in [0.4, 0.5) is 0 Å². The van der Waals surface area contributed by atoms with Gasteiger partial charge in [0.1, 0.15) is 0 Å². The molecule has 160 valence electrons. The smallest absolute Gasteiger partial charge is 0.0724 e. The Bertz CT molecular complexity index is 1290.